The quantitative estimate of drug-likeness (QED) is 0.495. The Balaban J connectivity index is 0.000000980. The van der Waals surface area contributed by atoms with Crippen LogP contribution in [0.4, 0.5) is 5.88 Å². The summed E-state index contributed by atoms with van der Waals surface area (Å²) in [6, 6.07) is 0.0369. The summed E-state index contributed by atoms with van der Waals surface area (Å²) in [6.07, 6.45) is 5.30. The third kappa shape index (κ3) is 2.16. The molecule has 1 heterocycles. The highest BCUT2D eigenvalue weighted by atomic mass is 35.5. The summed E-state index contributed by atoms with van der Waals surface area (Å²) in [6.45, 7) is 0. The molecule has 1 aliphatic rings. The van der Waals surface area contributed by atoms with Gasteiger partial charge in [-0.05, 0) is 17.5 Å². The van der Waals surface area contributed by atoms with Crippen LogP contribution < -0.4 is 22.8 Å². The van der Waals surface area contributed by atoms with Crippen molar-refractivity contribution in [3.63, 3.8) is 0 Å². The van der Waals surface area contributed by atoms with E-state index in [2.05, 4.69) is 5.27 Å². The van der Waals surface area contributed by atoms with Gasteiger partial charge in [-0.2, -0.15) is 0 Å². The van der Waals surface area contributed by atoms with E-state index in [1.807, 2.05) is 0 Å². The second-order valence-electron chi connectivity index (χ2n) is 3.50. The molecule has 6 heteroatoms. The first-order valence-electron chi connectivity index (χ1n) is 4.59. The van der Waals surface area contributed by atoms with Crippen molar-refractivity contribution in [1.82, 2.24) is 5.27 Å². The molecule has 1 aromatic rings. The summed E-state index contributed by atoms with van der Waals surface area (Å²) in [7, 11) is 0. The van der Waals surface area contributed by atoms with E-state index in [9.17, 15) is 5.11 Å². The Hall–Kier alpha value is -0.810. The average molecular weight is 220 g/mol. The van der Waals surface area contributed by atoms with Gasteiger partial charge in [-0.1, -0.05) is 6.42 Å². The third-order valence-electron chi connectivity index (χ3n) is 2.53. The lowest BCUT2D eigenvalue weighted by Gasteiger charge is -2.19. The highest BCUT2D eigenvalue weighted by Crippen LogP contribution is 2.24. The van der Waals surface area contributed by atoms with Gasteiger partial charge in [0.1, 0.15) is 6.10 Å². The molecular formula is C8H14ClN3O2. The first-order chi connectivity index (χ1) is 6.27. The summed E-state index contributed by atoms with van der Waals surface area (Å²) in [5, 5.41) is 13.4. The number of nitrogen functional groups attached to an aromatic ring is 1. The highest BCUT2D eigenvalue weighted by molar-refractivity contribution is 5.11. The van der Waals surface area contributed by atoms with Crippen molar-refractivity contribution < 1.29 is 26.7 Å². The molecule has 0 spiro atoms. The van der Waals surface area contributed by atoms with Gasteiger partial charge in [0, 0.05) is 6.42 Å². The Labute approximate surface area is 88.3 Å². The number of aliphatic hydroxyl groups is 1. The first kappa shape index (κ1) is 11.3. The van der Waals surface area contributed by atoms with Crippen molar-refractivity contribution in [3.8, 4) is 0 Å². The van der Waals surface area contributed by atoms with Crippen LogP contribution in [0.3, 0.4) is 0 Å². The topological polar surface area (TPSA) is 76.2 Å². The van der Waals surface area contributed by atoms with Gasteiger partial charge in [0.15, 0.2) is 0 Å². The molecule has 2 rings (SSSR count). The first-order valence-corrected chi connectivity index (χ1v) is 4.59. The third-order valence-corrected chi connectivity index (χ3v) is 2.53. The van der Waals surface area contributed by atoms with Gasteiger partial charge >= 0.3 is 0 Å². The van der Waals surface area contributed by atoms with Crippen LogP contribution in [0, 0.1) is 0 Å². The molecule has 80 valence electrons. The van der Waals surface area contributed by atoms with Gasteiger partial charge in [0.05, 0.1) is 0 Å². The molecule has 1 aromatic heterocycles. The fraction of sp³-hybridized carbons (Fsp3) is 0.750. The highest BCUT2D eigenvalue weighted by Gasteiger charge is 2.33. The maximum atomic E-state index is 9.69. The van der Waals surface area contributed by atoms with Crippen LogP contribution in [0.15, 0.2) is 10.7 Å². The molecule has 3 N–H and O–H groups in total. The summed E-state index contributed by atoms with van der Waals surface area (Å²) < 4.78 is 6.37. The summed E-state index contributed by atoms with van der Waals surface area (Å²) in [5.74, 6) is 0.290. The largest absolute Gasteiger partial charge is 1.00 e. The van der Waals surface area contributed by atoms with Crippen LogP contribution in [-0.4, -0.2) is 16.5 Å². The predicted octanol–water partition coefficient (Wildman–Crippen LogP) is -2.98. The molecule has 0 amide bonds. The van der Waals surface area contributed by atoms with Crippen LogP contribution in [0.5, 0.6) is 0 Å². The molecule has 1 aliphatic carbocycles. The number of nitrogens with zero attached hydrogens (tertiary/aromatic N) is 2. The van der Waals surface area contributed by atoms with E-state index >= 15 is 0 Å². The minimum Gasteiger partial charge on any atom is -1.00 e. The van der Waals surface area contributed by atoms with Crippen molar-refractivity contribution in [2.45, 2.75) is 37.8 Å². The number of nitrogens with two attached hydrogens (primary N) is 1. The van der Waals surface area contributed by atoms with Crippen LogP contribution in [0.25, 0.3) is 0 Å². The summed E-state index contributed by atoms with van der Waals surface area (Å²) in [5.41, 5.74) is 5.40. The number of hydrogen-bond donors (Lipinski definition) is 2. The van der Waals surface area contributed by atoms with E-state index in [-0.39, 0.29) is 30.4 Å². The van der Waals surface area contributed by atoms with E-state index < -0.39 is 0 Å². The Kier molecular flexibility index (Phi) is 3.71. The molecule has 0 unspecified atom stereocenters. The zero-order valence-electron chi connectivity index (χ0n) is 7.77. The lowest BCUT2D eigenvalue weighted by Crippen LogP contribution is -3.00. The number of anilines is 1. The fourth-order valence-electron chi connectivity index (χ4n) is 1.83. The van der Waals surface area contributed by atoms with E-state index in [1.165, 1.54) is 0 Å². The lowest BCUT2D eigenvalue weighted by atomic mass is 9.93. The van der Waals surface area contributed by atoms with Crippen LogP contribution in [0.2, 0.25) is 0 Å². The minimum absolute atomic E-state index is 0. The standard InChI is InChI=1S/C8H14N3O2.ClH/c9-8-5-11(10-13-8)6-3-1-2-4-7(6)12;/h5-7,12H,1-4,9H2;1H/q+1;/p-1/t6-,7-;/m1./s1. The average Bonchev–Trinajstić information content (AvgIpc) is 2.53. The number of rotatable bonds is 1. The van der Waals surface area contributed by atoms with Gasteiger partial charge in [-0.3, -0.25) is 4.52 Å². The fourth-order valence-corrected chi connectivity index (χ4v) is 1.83. The second kappa shape index (κ2) is 4.61. The van der Waals surface area contributed by atoms with Gasteiger partial charge in [0.25, 0.3) is 12.1 Å². The SMILES string of the molecule is Nc1c[n+]([C@@H]2CCCC[C@H]2O)no1.[Cl-]. The van der Waals surface area contributed by atoms with Crippen molar-refractivity contribution in [2.75, 3.05) is 5.73 Å². The maximum absolute atomic E-state index is 9.69. The zero-order valence-corrected chi connectivity index (χ0v) is 8.52. The zero-order chi connectivity index (χ0) is 9.26. The molecule has 14 heavy (non-hydrogen) atoms. The van der Waals surface area contributed by atoms with Crippen molar-refractivity contribution in [1.29, 1.82) is 0 Å². The molecule has 0 bridgehead atoms. The summed E-state index contributed by atoms with van der Waals surface area (Å²) >= 11 is 0. The van der Waals surface area contributed by atoms with E-state index in [1.54, 1.807) is 10.9 Å². The van der Waals surface area contributed by atoms with E-state index in [0.717, 1.165) is 25.7 Å². The Morgan fingerprint density at radius 2 is 2.21 bits per heavy atom. The molecular weight excluding hydrogens is 206 g/mol. The van der Waals surface area contributed by atoms with Gasteiger partial charge in [-0.15, -0.1) is 0 Å². The van der Waals surface area contributed by atoms with Crippen LogP contribution in [-0.2, 0) is 0 Å². The molecule has 1 saturated carbocycles. The number of aromatic nitrogens is 2. The number of hydrogen-bond acceptors (Lipinski definition) is 4. The molecule has 5 nitrogen and oxygen atoms in total. The van der Waals surface area contributed by atoms with Gasteiger partial charge < -0.3 is 23.2 Å². The van der Waals surface area contributed by atoms with E-state index in [4.69, 9.17) is 10.3 Å². The lowest BCUT2D eigenvalue weighted by molar-refractivity contribution is -0.792. The van der Waals surface area contributed by atoms with E-state index in [0.29, 0.717) is 0 Å². The van der Waals surface area contributed by atoms with Crippen molar-refractivity contribution >= 4 is 5.88 Å². The van der Waals surface area contributed by atoms with Gasteiger partial charge in [-0.25, -0.2) is 0 Å². The summed E-state index contributed by atoms with van der Waals surface area (Å²) in [4.78, 5) is 0. The molecule has 0 aliphatic heterocycles. The minimum atomic E-state index is -0.316. The molecule has 2 atom stereocenters. The number of halogens is 1. The second-order valence-corrected chi connectivity index (χ2v) is 3.50. The molecule has 0 saturated heterocycles. The molecule has 0 radical (unpaired) electrons. The van der Waals surface area contributed by atoms with Crippen molar-refractivity contribution in [2.24, 2.45) is 0 Å². The van der Waals surface area contributed by atoms with Gasteiger partial charge in [0.2, 0.25) is 11.3 Å². The Bertz CT molecular complexity index is 292. The van der Waals surface area contributed by atoms with Crippen molar-refractivity contribution in [3.05, 3.63) is 6.20 Å². The smallest absolute Gasteiger partial charge is 0.293 e. The normalized spacial score (nSPS) is 26.9. The molecule has 1 fully saturated rings. The Morgan fingerprint density at radius 3 is 2.79 bits per heavy atom. The predicted molar refractivity (Wildman–Crippen MR) is 44.6 cm³/mol. The van der Waals surface area contributed by atoms with Crippen LogP contribution >= 0.6 is 0 Å². The molecule has 0 aromatic carbocycles. The Morgan fingerprint density at radius 1 is 1.50 bits per heavy atom. The number of aliphatic hydroxyl groups excluding tert-OH is 1. The monoisotopic (exact) mass is 219 g/mol. The van der Waals surface area contributed by atoms with Crippen LogP contribution in [0.1, 0.15) is 31.7 Å². The maximum Gasteiger partial charge on any atom is 0.293 e.